The molecule has 24 heteroatoms. The lowest BCUT2D eigenvalue weighted by Crippen LogP contribution is -2.16. The second-order valence-corrected chi connectivity index (χ2v) is 17.9. The molecule has 0 spiro atoms. The molecule has 0 saturated carbocycles. The van der Waals surface area contributed by atoms with Gasteiger partial charge in [0.2, 0.25) is 11.4 Å². The normalized spacial score (nSPS) is 24.8. The molecule has 0 saturated heterocycles. The lowest BCUT2D eigenvalue weighted by atomic mass is 10.1. The SMILES string of the molecule is [2H]Oc1cccc([C@@H](CN([2H])C([2H])([2H])[2H])O[2H])c1.[2H]Oc1cccc([C@@H](O[2H])C([2H])([2H])N([2H])C([2H])([2H])[2H])c1.[2H]Oc1cccc([C@@]([2H])(CN([2H])C([2H])([2H])[2H])O[2H])c1.[2H]Oc1cccc([C@@]([2H])(O[2H])C([2H])([2H])N([2H])C([2H])([2H])[2H])c1.[2H]Oc1cccc([C@H](CN([2H])C([2H])([2H])[2H])O[2H])c1.[2H]Oc1cccc([C@H](O[2H])C([2H])([2H])N([2H])C([2H])([2H])[2H])c1.[2H]Oc1cccc([C@]([2H])(CN([2H])C([2H])([2H])[2H])O[2H])c1.[2H]Oc1cccc([C@]([2H])(O[2H])C([2H])([2H])N([2H])C([2H])([2H])[2H])c1. The van der Waals surface area contributed by atoms with Gasteiger partial charge in [0.25, 0.3) is 11.4 Å². The highest BCUT2D eigenvalue weighted by Crippen LogP contribution is 2.23. The van der Waals surface area contributed by atoms with Gasteiger partial charge < -0.3 is 124 Å². The lowest BCUT2D eigenvalue weighted by molar-refractivity contribution is 0.177. The van der Waals surface area contributed by atoms with Gasteiger partial charge in [-0.1, -0.05) is 97.1 Å². The molecular weight excluding hydrogens is 1230 g/mol. The molecule has 8 aromatic carbocycles. The average molecular weight is 1400 g/mol. The van der Waals surface area contributed by atoms with Gasteiger partial charge in [-0.2, -0.15) is 0 Å². The summed E-state index contributed by atoms with van der Waals surface area (Å²) in [6.07, 6.45) is -14.9. The van der Waals surface area contributed by atoms with Crippen LogP contribution in [0.3, 0.4) is 0 Å². The Morgan fingerprint density at radius 1 is 0.271 bits per heavy atom. The minimum Gasteiger partial charge on any atom is -0.508 e. The topological polar surface area (TPSA) is 420 Å². The van der Waals surface area contributed by atoms with E-state index in [4.69, 9.17) is 83.5 Å². The van der Waals surface area contributed by atoms with Crippen LogP contribution in [0.2, 0.25) is 11.3 Å². The summed E-state index contributed by atoms with van der Waals surface area (Å²) in [5.74, 6) is 0.786. The average Bonchev–Trinajstić information content (AvgIpc) is 0.751. The third kappa shape index (κ3) is 37.6. The van der Waals surface area contributed by atoms with E-state index in [9.17, 15) is 0 Å². The molecule has 0 fully saturated rings. The number of likely N-dealkylation sites (N-methyl/N-ethyl adjacent to an activating group) is 8. The highest BCUT2D eigenvalue weighted by atomic mass is 16.3. The first-order valence-electron chi connectivity index (χ1n) is 54.8. The summed E-state index contributed by atoms with van der Waals surface area (Å²) in [6.45, 7) is -36.7. The van der Waals surface area contributed by atoms with E-state index in [-0.39, 0.29) is 114 Å². The Morgan fingerprint density at radius 3 is 0.729 bits per heavy atom. The van der Waals surface area contributed by atoms with Crippen LogP contribution in [0.1, 0.15) is 143 Å². The fourth-order valence-corrected chi connectivity index (χ4v) is 6.60. The molecule has 0 unspecified atom stereocenters. The maximum absolute atomic E-state index is 7.98. The summed E-state index contributed by atoms with van der Waals surface area (Å²) in [7, 11) is 0. The number of rotatable bonds is 40. The lowest BCUT2D eigenvalue weighted by Gasteiger charge is -2.09. The van der Waals surface area contributed by atoms with Gasteiger partial charge in [-0.05, 0) is 197 Å². The number of benzene rings is 8. The number of aliphatic hydroxyl groups is 8. The van der Waals surface area contributed by atoms with Crippen molar-refractivity contribution in [1.29, 1.82) is 22.9 Å². The highest BCUT2D eigenvalue weighted by Gasteiger charge is 2.12. The van der Waals surface area contributed by atoms with Crippen LogP contribution < -0.4 is 42.5 Å². The van der Waals surface area contributed by atoms with Gasteiger partial charge in [0.1, 0.15) is 57.3 Å². The van der Waals surface area contributed by atoms with Gasteiger partial charge in [-0.15, -0.1) is 0 Å². The number of phenols is 8. The van der Waals surface area contributed by atoms with Gasteiger partial charge in [0.05, 0.1) is 54.2 Å². The highest BCUT2D eigenvalue weighted by molar-refractivity contribution is 5.34. The van der Waals surface area contributed by atoms with E-state index in [0.717, 1.165) is 12.1 Å². The van der Waals surface area contributed by atoms with Crippen LogP contribution in [0, 0.1) is 0 Å². The zero-order valence-corrected chi connectivity index (χ0v) is 49.7. The van der Waals surface area contributed by atoms with Crippen LogP contribution in [0.25, 0.3) is 0 Å². The van der Waals surface area contributed by atoms with Crippen molar-refractivity contribution in [2.45, 2.75) is 48.7 Å². The van der Waals surface area contributed by atoms with E-state index < -0.39 is 154 Å². The van der Waals surface area contributed by atoms with Gasteiger partial charge in [0, 0.05) is 96.0 Å². The zero-order chi connectivity index (χ0) is 121. The fraction of sp³-hybridized carbons (Fsp3) is 0.333. The van der Waals surface area contributed by atoms with Crippen molar-refractivity contribution in [3.05, 3.63) is 239 Å². The molecule has 0 aliphatic rings. The number of hydrogen-bond acceptors (Lipinski definition) is 24. The van der Waals surface area contributed by atoms with E-state index in [2.05, 4.69) is 81.7 Å². The zero-order valence-electron chi connectivity index (χ0n) is 110. The standard InChI is InChI=1S/8C9H13NO2/c8*1-10-6-9(12)7-3-2-4-8(11)5-7/h8*2-5,9-12H,6H2,1H3/t8*9-/m11110000/s1/i1D3,6D2,9D,12D;1D3,9D,12D;1D3,6D2,12D;1D3,12D;1D3,6D2,9D,12D;1D3,9D,12D;1D3,6D2,12D;1D3,12D/hD16. The van der Waals surface area contributed by atoms with E-state index in [1.807, 2.05) is 0 Å². The Kier molecular flexibility index (Phi) is 16.0. The van der Waals surface area contributed by atoms with E-state index in [0.29, 0.717) is 21.7 Å². The number of nitrogens with one attached hydrogen (secondary N) is 8. The molecule has 0 aliphatic carbocycles. The molecule has 8 atom stereocenters. The third-order valence-electron chi connectivity index (χ3n) is 10.9. The van der Waals surface area contributed by atoms with Gasteiger partial charge in [0.15, 0.2) is 0 Å². The Morgan fingerprint density at radius 2 is 0.490 bits per heavy atom. The second-order valence-electron chi connectivity index (χ2n) is 17.9. The van der Waals surface area contributed by atoms with Crippen molar-refractivity contribution in [2.24, 2.45) is 0 Å². The van der Waals surface area contributed by atoms with Crippen molar-refractivity contribution in [3.8, 4) is 46.0 Å². The molecule has 528 valence electrons. The van der Waals surface area contributed by atoms with Crippen molar-refractivity contribution in [2.75, 3.05) is 108 Å². The van der Waals surface area contributed by atoms with Crippen molar-refractivity contribution in [1.82, 2.24) is 42.5 Å². The monoisotopic (exact) mass is 1400 g/mol. The summed E-state index contributed by atoms with van der Waals surface area (Å²) in [5, 5.41) is 67.9. The van der Waals surface area contributed by atoms with E-state index >= 15 is 0 Å². The van der Waals surface area contributed by atoms with Crippen LogP contribution in [0.15, 0.2) is 194 Å². The summed E-state index contributed by atoms with van der Waals surface area (Å²) in [5.41, 5.74) is 0.796. The maximum Gasteiger partial charge on any atom is 0.293 e. The molecule has 0 bridgehead atoms. The molecule has 0 radical (unpaired) electrons. The summed E-state index contributed by atoms with van der Waals surface area (Å²) < 4.78 is 432. The van der Waals surface area contributed by atoms with Crippen LogP contribution >= 0.6 is 0 Å². The van der Waals surface area contributed by atoms with Gasteiger partial charge in [-0.25, -0.2) is 0 Å². The molecule has 8 aromatic rings. The smallest absolute Gasteiger partial charge is 0.293 e. The molecule has 8 rings (SSSR count). The molecule has 0 amide bonds. The van der Waals surface area contributed by atoms with Crippen LogP contribution in [0.5, 0.6) is 46.0 Å². The first-order valence-corrected chi connectivity index (χ1v) is 26.7. The minimum atomic E-state index is -3.18. The predicted molar refractivity (Wildman–Crippen MR) is 376 cm³/mol. The first kappa shape index (κ1) is 30.1. The summed E-state index contributed by atoms with van der Waals surface area (Å²) in [4.78, 5) is 0. The van der Waals surface area contributed by atoms with Crippen molar-refractivity contribution >= 4 is 0 Å². The number of phenolic OH excluding ortho intramolecular Hbond substituents is 8. The molecular formula is C72H104N8O16. The summed E-state index contributed by atoms with van der Waals surface area (Å²) >= 11 is 0. The number of aliphatic hydroxyl groups excluding tert-OH is 4. The molecule has 24 nitrogen and oxygen atoms in total. The van der Waals surface area contributed by atoms with Crippen LogP contribution in [0.4, 0.5) is 0 Å². The largest absolute Gasteiger partial charge is 0.508 e. The molecule has 24 N–H and O–H groups in total. The van der Waals surface area contributed by atoms with Gasteiger partial charge >= 0.3 is 0 Å². The quantitative estimate of drug-likeness (QED) is 0.0236. The molecule has 0 aliphatic heterocycles. The Bertz CT molecular complexity index is 5150. The van der Waals surface area contributed by atoms with E-state index in [1.54, 1.807) is 36.4 Å². The Hall–Kier alpha value is -8.48. The Balaban J connectivity index is 0.000000892. The fourth-order valence-electron chi connectivity index (χ4n) is 6.60. The molecule has 0 heterocycles. The van der Waals surface area contributed by atoms with Crippen molar-refractivity contribution < 1.29 is 142 Å². The number of hydrogen-bond donors (Lipinski definition) is 24. The molecule has 96 heavy (non-hydrogen) atoms. The second kappa shape index (κ2) is 50.9. The Labute approximate surface area is 650 Å². The van der Waals surface area contributed by atoms with Crippen LogP contribution in [-0.4, -0.2) is 213 Å². The summed E-state index contributed by atoms with van der Waals surface area (Å²) in [6, 6.07) is 44.5. The van der Waals surface area contributed by atoms with Crippen LogP contribution in [-0.2, 0) is 0 Å². The minimum absolute atomic E-state index is 0.0533. The first-order chi connectivity index (χ1) is 71.5. The van der Waals surface area contributed by atoms with Crippen molar-refractivity contribution in [3.63, 3.8) is 0 Å². The third-order valence-corrected chi connectivity index (χ3v) is 10.9. The van der Waals surface area contributed by atoms with Gasteiger partial charge in [-0.3, -0.25) is 0 Å². The predicted octanol–water partition coefficient (Wildman–Crippen LogP) is 5.16. The number of aromatic hydroxyl groups is 8. The molecule has 0 aromatic heterocycles. The maximum atomic E-state index is 7.98. The van der Waals surface area contributed by atoms with E-state index in [1.165, 1.54) is 146 Å².